The van der Waals surface area contributed by atoms with Crippen molar-refractivity contribution in [1.82, 2.24) is 5.06 Å². The highest BCUT2D eigenvalue weighted by atomic mass is 16.7. The minimum atomic E-state index is -0.471. The second kappa shape index (κ2) is 8.96. The zero-order valence-electron chi connectivity index (χ0n) is 18.9. The fourth-order valence-corrected chi connectivity index (χ4v) is 4.08. The number of benzene rings is 2. The Morgan fingerprint density at radius 3 is 2.22 bits per heavy atom. The summed E-state index contributed by atoms with van der Waals surface area (Å²) in [5, 5.41) is 10.5. The number of carbonyl (C=O) groups is 1. The molecule has 1 fully saturated rings. The molecule has 2 aromatic rings. The SMILES string of the molecule is CC(C)[C@]12C=C[C@](C)(CC1)N(C(=O)OCc1ccc(OCc3ccc(CO)cc3)cc1)O2. The van der Waals surface area contributed by atoms with Gasteiger partial charge in [0.15, 0.2) is 0 Å². The molecule has 0 saturated carbocycles. The molecule has 0 radical (unpaired) electrons. The second-order valence-corrected chi connectivity index (χ2v) is 9.15. The van der Waals surface area contributed by atoms with Gasteiger partial charge in [-0.2, -0.15) is 5.06 Å². The van der Waals surface area contributed by atoms with E-state index in [2.05, 4.69) is 26.0 Å². The van der Waals surface area contributed by atoms with E-state index in [0.717, 1.165) is 35.3 Å². The molecule has 2 bridgehead atoms. The molecule has 0 spiro atoms. The summed E-state index contributed by atoms with van der Waals surface area (Å²) in [6.45, 7) is 6.85. The summed E-state index contributed by atoms with van der Waals surface area (Å²) in [6.07, 6.45) is 5.46. The number of rotatable bonds is 7. The van der Waals surface area contributed by atoms with Gasteiger partial charge in [-0.1, -0.05) is 62.4 Å². The van der Waals surface area contributed by atoms with Crippen molar-refractivity contribution in [3.8, 4) is 5.75 Å². The molecule has 1 amide bonds. The average Bonchev–Trinajstić information content (AvgIpc) is 2.82. The smallest absolute Gasteiger partial charge is 0.435 e. The van der Waals surface area contributed by atoms with E-state index >= 15 is 0 Å². The van der Waals surface area contributed by atoms with Crippen LogP contribution in [0, 0.1) is 5.92 Å². The van der Waals surface area contributed by atoms with Gasteiger partial charge in [0.05, 0.1) is 12.1 Å². The standard InChI is InChI=1S/C26H31NO5/c1-19(2)26-14-12-25(3,13-15-26)27(32-26)24(29)31-18-22-8-10-23(11-9-22)30-17-21-6-4-20(16-28)5-7-21/h4-12,14,19,28H,13,15-18H2,1-3H3/t25-,26+/m1/s1. The fourth-order valence-electron chi connectivity index (χ4n) is 4.08. The summed E-state index contributed by atoms with van der Waals surface area (Å²) in [7, 11) is 0. The van der Waals surface area contributed by atoms with E-state index in [1.165, 1.54) is 5.06 Å². The Morgan fingerprint density at radius 1 is 1.00 bits per heavy atom. The highest BCUT2D eigenvalue weighted by Crippen LogP contribution is 2.46. The maximum Gasteiger partial charge on any atom is 0.435 e. The van der Waals surface area contributed by atoms with Crippen molar-refractivity contribution < 1.29 is 24.2 Å². The molecule has 0 unspecified atom stereocenters. The summed E-state index contributed by atoms with van der Waals surface area (Å²) >= 11 is 0. The van der Waals surface area contributed by atoms with Gasteiger partial charge in [-0.25, -0.2) is 4.79 Å². The number of aliphatic hydroxyl groups is 1. The van der Waals surface area contributed by atoms with Crippen molar-refractivity contribution in [2.75, 3.05) is 0 Å². The first-order valence-electron chi connectivity index (χ1n) is 11.1. The molecule has 3 aliphatic rings. The summed E-state index contributed by atoms with van der Waals surface area (Å²) in [5.74, 6) is 0.999. The molecule has 0 aromatic heterocycles. The lowest BCUT2D eigenvalue weighted by Crippen LogP contribution is -2.62. The average molecular weight is 438 g/mol. The third-order valence-corrected chi connectivity index (χ3v) is 6.51. The van der Waals surface area contributed by atoms with Crippen LogP contribution < -0.4 is 4.74 Å². The van der Waals surface area contributed by atoms with Gasteiger partial charge in [0.25, 0.3) is 0 Å². The van der Waals surface area contributed by atoms with Gasteiger partial charge >= 0.3 is 6.09 Å². The molecule has 2 aromatic carbocycles. The normalized spacial score (nSPS) is 24.1. The van der Waals surface area contributed by atoms with Crippen LogP contribution >= 0.6 is 0 Å². The molecule has 1 saturated heterocycles. The highest BCUT2D eigenvalue weighted by molar-refractivity contribution is 5.68. The molecular formula is C26H31NO5. The lowest BCUT2D eigenvalue weighted by molar-refractivity contribution is -0.292. The van der Waals surface area contributed by atoms with Gasteiger partial charge in [-0.3, -0.25) is 4.84 Å². The minimum absolute atomic E-state index is 0.0333. The molecule has 1 N–H and O–H groups in total. The Balaban J connectivity index is 1.30. The number of fused-ring (bicyclic) bond motifs is 2. The molecular weight excluding hydrogens is 406 g/mol. The van der Waals surface area contributed by atoms with Crippen LogP contribution in [0.4, 0.5) is 4.79 Å². The van der Waals surface area contributed by atoms with Crippen molar-refractivity contribution in [2.45, 2.75) is 64.6 Å². The summed E-state index contributed by atoms with van der Waals surface area (Å²) in [6, 6.07) is 15.1. The lowest BCUT2D eigenvalue weighted by Gasteiger charge is -2.54. The van der Waals surface area contributed by atoms with Crippen LogP contribution in [0.15, 0.2) is 60.7 Å². The van der Waals surface area contributed by atoms with E-state index in [1.807, 2.05) is 55.5 Å². The fraction of sp³-hybridized carbons (Fsp3) is 0.423. The number of hydrogen-bond acceptors (Lipinski definition) is 5. The highest BCUT2D eigenvalue weighted by Gasteiger charge is 2.52. The van der Waals surface area contributed by atoms with Gasteiger partial charge in [-0.15, -0.1) is 0 Å². The van der Waals surface area contributed by atoms with Crippen LogP contribution in [0.2, 0.25) is 0 Å². The molecule has 5 rings (SSSR count). The Hall–Kier alpha value is -2.83. The third kappa shape index (κ3) is 4.52. The minimum Gasteiger partial charge on any atom is -0.489 e. The van der Waals surface area contributed by atoms with E-state index in [4.69, 9.17) is 19.4 Å². The molecule has 2 heterocycles. The van der Waals surface area contributed by atoms with Gasteiger partial charge in [0, 0.05) is 0 Å². The Morgan fingerprint density at radius 2 is 1.62 bits per heavy atom. The Kier molecular flexibility index (Phi) is 6.26. The summed E-state index contributed by atoms with van der Waals surface area (Å²) in [5.41, 5.74) is 1.87. The number of carbonyl (C=O) groups excluding carboxylic acids is 1. The maximum absolute atomic E-state index is 12.8. The van der Waals surface area contributed by atoms with E-state index in [0.29, 0.717) is 6.61 Å². The van der Waals surface area contributed by atoms with Crippen molar-refractivity contribution in [2.24, 2.45) is 5.92 Å². The zero-order valence-corrected chi connectivity index (χ0v) is 18.9. The monoisotopic (exact) mass is 437 g/mol. The molecule has 1 aliphatic carbocycles. The van der Waals surface area contributed by atoms with Crippen LogP contribution in [0.3, 0.4) is 0 Å². The summed E-state index contributed by atoms with van der Waals surface area (Å²) in [4.78, 5) is 18.9. The van der Waals surface area contributed by atoms with Crippen LogP contribution in [0.5, 0.6) is 5.75 Å². The first-order chi connectivity index (χ1) is 15.3. The van der Waals surface area contributed by atoms with Gasteiger partial charge in [-0.05, 0) is 54.5 Å². The predicted octanol–water partition coefficient (Wildman–Crippen LogP) is 5.15. The number of ether oxygens (including phenoxy) is 2. The molecule has 32 heavy (non-hydrogen) atoms. The first kappa shape index (κ1) is 22.4. The van der Waals surface area contributed by atoms with E-state index < -0.39 is 17.2 Å². The number of aliphatic hydroxyl groups excluding tert-OH is 1. The van der Waals surface area contributed by atoms with E-state index in [9.17, 15) is 4.79 Å². The number of hydroxylamine groups is 2. The molecule has 6 nitrogen and oxygen atoms in total. The molecule has 2 aliphatic heterocycles. The molecule has 170 valence electrons. The number of amides is 1. The quantitative estimate of drug-likeness (QED) is 0.607. The third-order valence-electron chi connectivity index (χ3n) is 6.51. The topological polar surface area (TPSA) is 68.2 Å². The predicted molar refractivity (Wildman–Crippen MR) is 121 cm³/mol. The number of nitrogens with zero attached hydrogens (tertiary/aromatic N) is 1. The van der Waals surface area contributed by atoms with E-state index in [-0.39, 0.29) is 19.1 Å². The van der Waals surface area contributed by atoms with Crippen molar-refractivity contribution in [3.63, 3.8) is 0 Å². The van der Waals surface area contributed by atoms with Gasteiger partial charge in [0.2, 0.25) is 0 Å². The largest absolute Gasteiger partial charge is 0.489 e. The molecule has 2 atom stereocenters. The zero-order chi connectivity index (χ0) is 22.8. The Labute approximate surface area is 189 Å². The first-order valence-corrected chi connectivity index (χ1v) is 11.1. The molecule has 6 heteroatoms. The number of hydrogen-bond donors (Lipinski definition) is 1. The second-order valence-electron chi connectivity index (χ2n) is 9.15. The van der Waals surface area contributed by atoms with Crippen molar-refractivity contribution in [3.05, 3.63) is 77.4 Å². The Bertz CT molecular complexity index is 969. The van der Waals surface area contributed by atoms with Crippen LogP contribution in [0.1, 0.15) is 50.3 Å². The van der Waals surface area contributed by atoms with Crippen LogP contribution in [-0.4, -0.2) is 27.4 Å². The van der Waals surface area contributed by atoms with Crippen LogP contribution in [-0.2, 0) is 29.4 Å². The summed E-state index contributed by atoms with van der Waals surface area (Å²) < 4.78 is 11.4. The van der Waals surface area contributed by atoms with Crippen molar-refractivity contribution in [1.29, 1.82) is 0 Å². The van der Waals surface area contributed by atoms with Crippen LogP contribution in [0.25, 0.3) is 0 Å². The van der Waals surface area contributed by atoms with E-state index in [1.54, 1.807) is 0 Å². The maximum atomic E-state index is 12.8. The van der Waals surface area contributed by atoms with Gasteiger partial charge in [0.1, 0.15) is 24.6 Å². The van der Waals surface area contributed by atoms with Crippen molar-refractivity contribution >= 4 is 6.09 Å². The lowest BCUT2D eigenvalue weighted by atomic mass is 9.74. The van der Waals surface area contributed by atoms with Gasteiger partial charge < -0.3 is 14.6 Å².